The van der Waals surface area contributed by atoms with Gasteiger partial charge in [-0.2, -0.15) is 4.98 Å². The molecule has 0 aliphatic rings. The molecule has 0 unspecified atom stereocenters. The van der Waals surface area contributed by atoms with Crippen molar-refractivity contribution in [3.05, 3.63) is 40.5 Å². The molecular formula is C18H26ClN5O2. The standard InChI is InChI=1S/C18H26ClN5O2/c1-18(2,3)16-23-15(24-26-16)11-22-17(20-4)21-9-8-12-6-7-13(25-5)10-14(12)19/h6-7,10H,8-9,11H2,1-5H3,(H2,20,21,22). The first-order valence-electron chi connectivity index (χ1n) is 8.43. The highest BCUT2D eigenvalue weighted by Gasteiger charge is 2.21. The monoisotopic (exact) mass is 379 g/mol. The fourth-order valence-corrected chi connectivity index (χ4v) is 2.45. The highest BCUT2D eigenvalue weighted by molar-refractivity contribution is 6.31. The number of halogens is 1. The van der Waals surface area contributed by atoms with Gasteiger partial charge in [0.2, 0.25) is 5.89 Å². The van der Waals surface area contributed by atoms with E-state index in [0.717, 1.165) is 17.7 Å². The summed E-state index contributed by atoms with van der Waals surface area (Å²) in [6, 6.07) is 5.68. The average molecular weight is 380 g/mol. The topological polar surface area (TPSA) is 84.6 Å². The lowest BCUT2D eigenvalue weighted by molar-refractivity contribution is 0.318. The van der Waals surface area contributed by atoms with Crippen LogP contribution in [-0.4, -0.2) is 36.8 Å². The second-order valence-electron chi connectivity index (χ2n) is 6.83. The van der Waals surface area contributed by atoms with E-state index in [0.29, 0.717) is 35.8 Å². The van der Waals surface area contributed by atoms with Crippen LogP contribution in [0, 0.1) is 0 Å². The van der Waals surface area contributed by atoms with Crippen molar-refractivity contribution in [3.8, 4) is 5.75 Å². The van der Waals surface area contributed by atoms with Gasteiger partial charge in [0.25, 0.3) is 0 Å². The summed E-state index contributed by atoms with van der Waals surface area (Å²) >= 11 is 6.26. The number of aromatic nitrogens is 2. The zero-order valence-corrected chi connectivity index (χ0v) is 16.6. The molecule has 0 fully saturated rings. The van der Waals surface area contributed by atoms with E-state index in [4.69, 9.17) is 20.9 Å². The molecule has 0 bridgehead atoms. The molecule has 0 saturated heterocycles. The van der Waals surface area contributed by atoms with Crippen LogP contribution in [0.25, 0.3) is 0 Å². The van der Waals surface area contributed by atoms with Crippen molar-refractivity contribution in [2.45, 2.75) is 39.2 Å². The van der Waals surface area contributed by atoms with Gasteiger partial charge in [-0.3, -0.25) is 4.99 Å². The van der Waals surface area contributed by atoms with Gasteiger partial charge in [-0.25, -0.2) is 0 Å². The fourth-order valence-electron chi connectivity index (χ4n) is 2.19. The summed E-state index contributed by atoms with van der Waals surface area (Å²) in [7, 11) is 3.34. The van der Waals surface area contributed by atoms with Gasteiger partial charge in [-0.1, -0.05) is 43.6 Å². The minimum atomic E-state index is -0.164. The van der Waals surface area contributed by atoms with Gasteiger partial charge in [0, 0.05) is 24.0 Å². The Kier molecular flexibility index (Phi) is 6.85. The first-order chi connectivity index (χ1) is 12.3. The highest BCUT2D eigenvalue weighted by atomic mass is 35.5. The molecule has 2 N–H and O–H groups in total. The Hall–Kier alpha value is -2.28. The van der Waals surface area contributed by atoms with Crippen LogP contribution >= 0.6 is 11.6 Å². The summed E-state index contributed by atoms with van der Waals surface area (Å²) in [5.41, 5.74) is 0.881. The lowest BCUT2D eigenvalue weighted by Gasteiger charge is -2.12. The first-order valence-corrected chi connectivity index (χ1v) is 8.81. The highest BCUT2D eigenvalue weighted by Crippen LogP contribution is 2.22. The van der Waals surface area contributed by atoms with E-state index in [2.05, 4.69) is 25.8 Å². The van der Waals surface area contributed by atoms with E-state index in [1.54, 1.807) is 14.2 Å². The number of ether oxygens (including phenoxy) is 1. The quantitative estimate of drug-likeness (QED) is 0.593. The maximum Gasteiger partial charge on any atom is 0.232 e. The van der Waals surface area contributed by atoms with Crippen molar-refractivity contribution in [1.82, 2.24) is 20.8 Å². The van der Waals surface area contributed by atoms with E-state index in [1.165, 1.54) is 0 Å². The van der Waals surface area contributed by atoms with Gasteiger partial charge < -0.3 is 19.9 Å². The summed E-state index contributed by atoms with van der Waals surface area (Å²) in [6.07, 6.45) is 0.764. The predicted octanol–water partition coefficient (Wildman–Crippen LogP) is 2.94. The van der Waals surface area contributed by atoms with Crippen molar-refractivity contribution >= 4 is 17.6 Å². The molecule has 1 heterocycles. The number of guanidine groups is 1. The molecule has 0 saturated carbocycles. The van der Waals surface area contributed by atoms with Crippen molar-refractivity contribution < 1.29 is 9.26 Å². The lowest BCUT2D eigenvalue weighted by Crippen LogP contribution is -2.38. The summed E-state index contributed by atoms with van der Waals surface area (Å²) in [6.45, 7) is 7.21. The number of rotatable bonds is 6. The predicted molar refractivity (Wildman–Crippen MR) is 103 cm³/mol. The Labute approximate surface area is 159 Å². The largest absolute Gasteiger partial charge is 0.497 e. The smallest absolute Gasteiger partial charge is 0.232 e. The van der Waals surface area contributed by atoms with Crippen molar-refractivity contribution in [2.75, 3.05) is 20.7 Å². The summed E-state index contributed by atoms with van der Waals surface area (Å²) in [5, 5.41) is 11.1. The average Bonchev–Trinajstić information content (AvgIpc) is 3.08. The minimum Gasteiger partial charge on any atom is -0.497 e. The molecular weight excluding hydrogens is 354 g/mol. The third-order valence-corrected chi connectivity index (χ3v) is 4.05. The Morgan fingerprint density at radius 3 is 2.65 bits per heavy atom. The van der Waals surface area contributed by atoms with Crippen LogP contribution in [-0.2, 0) is 18.4 Å². The van der Waals surface area contributed by atoms with Crippen molar-refractivity contribution in [3.63, 3.8) is 0 Å². The van der Waals surface area contributed by atoms with Gasteiger partial charge >= 0.3 is 0 Å². The van der Waals surface area contributed by atoms with Crippen molar-refractivity contribution in [1.29, 1.82) is 0 Å². The minimum absolute atomic E-state index is 0.164. The van der Waals surface area contributed by atoms with Crippen LogP contribution < -0.4 is 15.4 Å². The van der Waals surface area contributed by atoms with Gasteiger partial charge in [0.1, 0.15) is 5.75 Å². The molecule has 0 atom stereocenters. The number of nitrogens with one attached hydrogen (secondary N) is 2. The number of benzene rings is 1. The van der Waals surface area contributed by atoms with Crippen LogP contribution in [0.5, 0.6) is 5.75 Å². The Balaban J connectivity index is 1.82. The molecule has 1 aromatic heterocycles. The lowest BCUT2D eigenvalue weighted by atomic mass is 9.97. The van der Waals surface area contributed by atoms with Crippen LogP contribution in [0.3, 0.4) is 0 Å². The summed E-state index contributed by atoms with van der Waals surface area (Å²) in [4.78, 5) is 8.59. The van der Waals surface area contributed by atoms with E-state index in [9.17, 15) is 0 Å². The van der Waals surface area contributed by atoms with Crippen LogP contribution in [0.15, 0.2) is 27.7 Å². The van der Waals surface area contributed by atoms with Crippen LogP contribution in [0.4, 0.5) is 0 Å². The molecule has 0 aliphatic heterocycles. The molecule has 1 aromatic carbocycles. The Morgan fingerprint density at radius 1 is 1.31 bits per heavy atom. The molecule has 0 radical (unpaired) electrons. The van der Waals surface area contributed by atoms with Crippen LogP contribution in [0.2, 0.25) is 5.02 Å². The molecule has 0 amide bonds. The first kappa shape index (κ1) is 20.0. The van der Waals surface area contributed by atoms with Gasteiger partial charge in [0.15, 0.2) is 11.8 Å². The third kappa shape index (κ3) is 5.62. The van der Waals surface area contributed by atoms with E-state index < -0.39 is 0 Å². The molecule has 8 heteroatoms. The molecule has 2 rings (SSSR count). The second-order valence-corrected chi connectivity index (χ2v) is 7.23. The Morgan fingerprint density at radius 2 is 2.08 bits per heavy atom. The van der Waals surface area contributed by atoms with E-state index >= 15 is 0 Å². The van der Waals surface area contributed by atoms with Crippen molar-refractivity contribution in [2.24, 2.45) is 4.99 Å². The Bertz CT molecular complexity index is 752. The van der Waals surface area contributed by atoms with E-state index in [1.807, 2.05) is 39.0 Å². The maximum atomic E-state index is 6.26. The van der Waals surface area contributed by atoms with Gasteiger partial charge in [0.05, 0.1) is 13.7 Å². The molecule has 142 valence electrons. The molecule has 0 aliphatic carbocycles. The van der Waals surface area contributed by atoms with Crippen LogP contribution in [0.1, 0.15) is 38.0 Å². The number of hydrogen-bond acceptors (Lipinski definition) is 5. The normalized spacial score (nSPS) is 12.2. The number of nitrogens with zero attached hydrogens (tertiary/aromatic N) is 3. The zero-order chi connectivity index (χ0) is 19.2. The summed E-state index contributed by atoms with van der Waals surface area (Å²) < 4.78 is 10.4. The van der Waals surface area contributed by atoms with Gasteiger partial charge in [-0.05, 0) is 24.1 Å². The maximum absolute atomic E-state index is 6.26. The molecule has 0 spiro atoms. The molecule has 26 heavy (non-hydrogen) atoms. The fraction of sp³-hybridized carbons (Fsp3) is 0.500. The second kappa shape index (κ2) is 8.89. The van der Waals surface area contributed by atoms with Gasteiger partial charge in [-0.15, -0.1) is 0 Å². The SMILES string of the molecule is CN=C(NCCc1ccc(OC)cc1Cl)NCc1noc(C(C)(C)C)n1. The molecule has 2 aromatic rings. The number of methoxy groups -OCH3 is 1. The number of hydrogen-bond donors (Lipinski definition) is 2. The molecule has 7 nitrogen and oxygen atoms in total. The number of aliphatic imine (C=N–C) groups is 1. The summed E-state index contributed by atoms with van der Waals surface area (Å²) in [5.74, 6) is 2.62. The zero-order valence-electron chi connectivity index (χ0n) is 15.9. The third-order valence-electron chi connectivity index (χ3n) is 3.69. The van der Waals surface area contributed by atoms with E-state index in [-0.39, 0.29) is 5.41 Å².